The normalized spacial score (nSPS) is 12.1. The third kappa shape index (κ3) is 2.58. The number of aryl methyl sites for hydroxylation is 2. The average Bonchev–Trinajstić information content (AvgIpc) is 2.44. The van der Waals surface area contributed by atoms with E-state index in [1.54, 1.807) is 0 Å². The van der Waals surface area contributed by atoms with Crippen molar-refractivity contribution < 1.29 is 4.52 Å². The van der Waals surface area contributed by atoms with Crippen molar-refractivity contribution in [1.82, 2.24) is 5.16 Å². The first-order valence-corrected chi connectivity index (χ1v) is 4.85. The van der Waals surface area contributed by atoms with Crippen molar-refractivity contribution >= 4 is 5.84 Å². The second-order valence-electron chi connectivity index (χ2n) is 3.36. The maximum atomic E-state index is 5.70. The van der Waals surface area contributed by atoms with Crippen LogP contribution in [0.15, 0.2) is 9.52 Å². The van der Waals surface area contributed by atoms with Gasteiger partial charge in [0.2, 0.25) is 0 Å². The molecule has 1 aromatic rings. The molecule has 0 fully saturated rings. The number of rotatable bonds is 4. The number of amidine groups is 1. The molecule has 78 valence electrons. The topological polar surface area (TPSA) is 64.4 Å². The van der Waals surface area contributed by atoms with E-state index in [1.165, 1.54) is 0 Å². The SMILES string of the molecule is CCCC(N)=NCc1c(C)noc1C. The summed E-state index contributed by atoms with van der Waals surface area (Å²) in [4.78, 5) is 4.27. The summed E-state index contributed by atoms with van der Waals surface area (Å²) in [5, 5.41) is 3.86. The molecule has 0 spiro atoms. The van der Waals surface area contributed by atoms with Crippen LogP contribution in [0.2, 0.25) is 0 Å². The Balaban J connectivity index is 2.65. The molecule has 0 atom stereocenters. The van der Waals surface area contributed by atoms with E-state index in [0.29, 0.717) is 12.4 Å². The minimum Gasteiger partial charge on any atom is -0.387 e. The minimum atomic E-state index is 0.576. The van der Waals surface area contributed by atoms with Gasteiger partial charge in [0, 0.05) is 12.0 Å². The average molecular weight is 195 g/mol. The lowest BCUT2D eigenvalue weighted by molar-refractivity contribution is 0.392. The van der Waals surface area contributed by atoms with Gasteiger partial charge in [0.05, 0.1) is 18.1 Å². The van der Waals surface area contributed by atoms with Crippen molar-refractivity contribution in [2.45, 2.75) is 40.2 Å². The van der Waals surface area contributed by atoms with Crippen molar-refractivity contribution in [3.05, 3.63) is 17.0 Å². The van der Waals surface area contributed by atoms with Gasteiger partial charge in [-0.05, 0) is 20.3 Å². The van der Waals surface area contributed by atoms with Gasteiger partial charge in [-0.2, -0.15) is 0 Å². The zero-order valence-corrected chi connectivity index (χ0v) is 9.00. The highest BCUT2D eigenvalue weighted by atomic mass is 16.5. The number of hydrogen-bond acceptors (Lipinski definition) is 3. The van der Waals surface area contributed by atoms with E-state index in [9.17, 15) is 0 Å². The van der Waals surface area contributed by atoms with Crippen LogP contribution < -0.4 is 5.73 Å². The van der Waals surface area contributed by atoms with E-state index >= 15 is 0 Å². The molecule has 0 radical (unpaired) electrons. The number of aliphatic imine (C=N–C) groups is 1. The summed E-state index contributed by atoms with van der Waals surface area (Å²) in [6, 6.07) is 0. The molecule has 0 aliphatic carbocycles. The zero-order valence-electron chi connectivity index (χ0n) is 9.00. The second kappa shape index (κ2) is 4.79. The summed E-state index contributed by atoms with van der Waals surface area (Å²) in [6.07, 6.45) is 1.88. The van der Waals surface area contributed by atoms with Crippen LogP contribution in [-0.4, -0.2) is 11.0 Å². The van der Waals surface area contributed by atoms with Crippen LogP contribution >= 0.6 is 0 Å². The van der Waals surface area contributed by atoms with E-state index in [1.807, 2.05) is 13.8 Å². The Morgan fingerprint density at radius 3 is 2.71 bits per heavy atom. The minimum absolute atomic E-state index is 0.576. The molecule has 1 heterocycles. The first-order chi connectivity index (χ1) is 6.65. The van der Waals surface area contributed by atoms with Crippen molar-refractivity contribution in [1.29, 1.82) is 0 Å². The standard InChI is InChI=1S/C10H17N3O/c1-4-5-10(11)12-6-9-7(2)13-14-8(9)3/h4-6H2,1-3H3,(H2,11,12). The molecule has 0 aromatic carbocycles. The van der Waals surface area contributed by atoms with Crippen molar-refractivity contribution in [3.63, 3.8) is 0 Å². The van der Waals surface area contributed by atoms with Crippen LogP contribution in [0, 0.1) is 13.8 Å². The molecule has 14 heavy (non-hydrogen) atoms. The molecule has 2 N–H and O–H groups in total. The summed E-state index contributed by atoms with van der Waals surface area (Å²) in [6.45, 7) is 6.46. The van der Waals surface area contributed by atoms with Gasteiger partial charge in [-0.1, -0.05) is 12.1 Å². The Morgan fingerprint density at radius 2 is 2.21 bits per heavy atom. The van der Waals surface area contributed by atoms with E-state index in [-0.39, 0.29) is 0 Å². The molecule has 0 bridgehead atoms. The lowest BCUT2D eigenvalue weighted by atomic mass is 10.2. The largest absolute Gasteiger partial charge is 0.387 e. The molecule has 4 nitrogen and oxygen atoms in total. The number of aromatic nitrogens is 1. The number of nitrogens with two attached hydrogens (primary N) is 1. The predicted octanol–water partition coefficient (Wildman–Crippen LogP) is 1.95. The van der Waals surface area contributed by atoms with E-state index in [0.717, 1.165) is 29.9 Å². The molecule has 1 aromatic heterocycles. The molecule has 4 heteroatoms. The van der Waals surface area contributed by atoms with E-state index in [4.69, 9.17) is 10.3 Å². The zero-order chi connectivity index (χ0) is 10.6. The molecular formula is C10H17N3O. The highest BCUT2D eigenvalue weighted by Gasteiger charge is 2.07. The molecule has 0 aliphatic heterocycles. The molecule has 0 saturated carbocycles. The van der Waals surface area contributed by atoms with Gasteiger partial charge in [0.1, 0.15) is 5.76 Å². The fraction of sp³-hybridized carbons (Fsp3) is 0.600. The van der Waals surface area contributed by atoms with Crippen LogP contribution in [0.5, 0.6) is 0 Å². The Kier molecular flexibility index (Phi) is 3.68. The van der Waals surface area contributed by atoms with Gasteiger partial charge >= 0.3 is 0 Å². The Morgan fingerprint density at radius 1 is 1.50 bits per heavy atom. The van der Waals surface area contributed by atoms with Gasteiger partial charge < -0.3 is 10.3 Å². The summed E-state index contributed by atoms with van der Waals surface area (Å²) in [7, 11) is 0. The summed E-state index contributed by atoms with van der Waals surface area (Å²) in [5.74, 6) is 1.53. The van der Waals surface area contributed by atoms with Crippen molar-refractivity contribution in [2.24, 2.45) is 10.7 Å². The highest BCUT2D eigenvalue weighted by molar-refractivity contribution is 5.80. The van der Waals surface area contributed by atoms with E-state index < -0.39 is 0 Å². The smallest absolute Gasteiger partial charge is 0.138 e. The quantitative estimate of drug-likeness (QED) is 0.590. The maximum absolute atomic E-state index is 5.70. The number of hydrogen-bond donors (Lipinski definition) is 1. The molecule has 0 amide bonds. The van der Waals surface area contributed by atoms with Crippen LogP contribution in [0.3, 0.4) is 0 Å². The summed E-state index contributed by atoms with van der Waals surface area (Å²) >= 11 is 0. The number of nitrogens with zero attached hydrogens (tertiary/aromatic N) is 2. The fourth-order valence-corrected chi connectivity index (χ4v) is 1.24. The predicted molar refractivity (Wildman–Crippen MR) is 56.2 cm³/mol. The monoisotopic (exact) mass is 195 g/mol. The molecule has 0 saturated heterocycles. The van der Waals surface area contributed by atoms with Gasteiger partial charge in [-0.15, -0.1) is 0 Å². The van der Waals surface area contributed by atoms with Gasteiger partial charge in [-0.3, -0.25) is 4.99 Å². The van der Waals surface area contributed by atoms with Gasteiger partial charge in [0.15, 0.2) is 0 Å². The lowest BCUT2D eigenvalue weighted by Gasteiger charge is -1.98. The molecule has 0 aliphatic rings. The summed E-state index contributed by atoms with van der Waals surface area (Å²) < 4.78 is 5.03. The summed E-state index contributed by atoms with van der Waals surface area (Å²) in [5.41, 5.74) is 7.64. The third-order valence-corrected chi connectivity index (χ3v) is 2.13. The third-order valence-electron chi connectivity index (χ3n) is 2.13. The molecule has 1 rings (SSSR count). The fourth-order valence-electron chi connectivity index (χ4n) is 1.24. The van der Waals surface area contributed by atoms with Gasteiger partial charge in [0.25, 0.3) is 0 Å². The van der Waals surface area contributed by atoms with Crippen LogP contribution in [0.25, 0.3) is 0 Å². The molecule has 0 unspecified atom stereocenters. The Hall–Kier alpha value is -1.32. The second-order valence-corrected chi connectivity index (χ2v) is 3.36. The Bertz CT molecular complexity index is 309. The van der Waals surface area contributed by atoms with Gasteiger partial charge in [-0.25, -0.2) is 0 Å². The van der Waals surface area contributed by atoms with Crippen LogP contribution in [-0.2, 0) is 6.54 Å². The maximum Gasteiger partial charge on any atom is 0.138 e. The first-order valence-electron chi connectivity index (χ1n) is 4.85. The van der Waals surface area contributed by atoms with Crippen molar-refractivity contribution in [3.8, 4) is 0 Å². The van der Waals surface area contributed by atoms with E-state index in [2.05, 4.69) is 17.1 Å². The van der Waals surface area contributed by atoms with Crippen LogP contribution in [0.1, 0.15) is 36.8 Å². The van der Waals surface area contributed by atoms with Crippen LogP contribution in [0.4, 0.5) is 0 Å². The highest BCUT2D eigenvalue weighted by Crippen LogP contribution is 2.13. The van der Waals surface area contributed by atoms with Crippen molar-refractivity contribution in [2.75, 3.05) is 0 Å². The Labute approximate surface area is 84.2 Å². The lowest BCUT2D eigenvalue weighted by Crippen LogP contribution is -2.11. The first kappa shape index (κ1) is 10.8. The molecular weight excluding hydrogens is 178 g/mol.